The lowest BCUT2D eigenvalue weighted by molar-refractivity contribution is -0.154. The van der Waals surface area contributed by atoms with E-state index >= 15 is 0 Å². The van der Waals surface area contributed by atoms with Gasteiger partial charge in [0.2, 0.25) is 0 Å². The first-order valence-electron chi connectivity index (χ1n) is 3.99. The van der Waals surface area contributed by atoms with Crippen LogP contribution in [0.2, 0.25) is 0 Å². The van der Waals surface area contributed by atoms with Crippen LogP contribution in [0, 0.1) is 0 Å². The molecule has 1 heterocycles. The molecule has 0 aromatic carbocycles. The van der Waals surface area contributed by atoms with Crippen molar-refractivity contribution in [3.05, 3.63) is 0 Å². The molecule has 0 amide bonds. The van der Waals surface area contributed by atoms with E-state index < -0.39 is 12.7 Å². The maximum absolute atomic E-state index is 11.9. The van der Waals surface area contributed by atoms with E-state index in [2.05, 4.69) is 0 Å². The van der Waals surface area contributed by atoms with Crippen LogP contribution in [-0.2, 0) is 4.74 Å². The van der Waals surface area contributed by atoms with E-state index in [1.165, 1.54) is 4.90 Å². The fourth-order valence-corrected chi connectivity index (χ4v) is 1.64. The fraction of sp³-hybridized carbons (Fsp3) is 1.00. The van der Waals surface area contributed by atoms with Crippen LogP contribution in [0.25, 0.3) is 0 Å². The quantitative estimate of drug-likeness (QED) is 0.598. The first-order chi connectivity index (χ1) is 5.56. The Morgan fingerprint density at radius 1 is 1.42 bits per heavy atom. The first kappa shape index (κ1) is 8.31. The fourth-order valence-electron chi connectivity index (χ4n) is 1.64. The summed E-state index contributed by atoms with van der Waals surface area (Å²) in [6, 6.07) is 0.0420. The van der Waals surface area contributed by atoms with Crippen molar-refractivity contribution < 1.29 is 17.9 Å². The second kappa shape index (κ2) is 2.60. The zero-order valence-corrected chi connectivity index (χ0v) is 6.47. The van der Waals surface area contributed by atoms with Crippen LogP contribution in [0.3, 0.4) is 0 Å². The van der Waals surface area contributed by atoms with Crippen LogP contribution in [-0.4, -0.2) is 42.9 Å². The molecule has 2 fully saturated rings. The minimum atomic E-state index is -4.06. The van der Waals surface area contributed by atoms with Crippen molar-refractivity contribution >= 4 is 0 Å². The topological polar surface area (TPSA) is 12.5 Å². The second-order valence-corrected chi connectivity index (χ2v) is 3.30. The van der Waals surface area contributed by atoms with E-state index in [4.69, 9.17) is 4.74 Å². The number of hydrogen-bond donors (Lipinski definition) is 0. The minimum absolute atomic E-state index is 0.0420. The molecular weight excluding hydrogens is 171 g/mol. The molecule has 2 nitrogen and oxygen atoms in total. The summed E-state index contributed by atoms with van der Waals surface area (Å²) in [5.74, 6) is 0. The molecule has 0 aromatic rings. The van der Waals surface area contributed by atoms with Gasteiger partial charge in [-0.3, -0.25) is 4.90 Å². The molecule has 2 unspecified atom stereocenters. The molecule has 0 bridgehead atoms. The molecule has 0 aromatic heterocycles. The van der Waals surface area contributed by atoms with Crippen LogP contribution in [0.15, 0.2) is 0 Å². The third-order valence-electron chi connectivity index (χ3n) is 2.26. The molecule has 0 radical (unpaired) electrons. The van der Waals surface area contributed by atoms with Gasteiger partial charge in [0.1, 0.15) is 0 Å². The lowest BCUT2D eigenvalue weighted by atomic mass is 10.4. The van der Waals surface area contributed by atoms with Gasteiger partial charge in [0, 0.05) is 12.6 Å². The van der Waals surface area contributed by atoms with Gasteiger partial charge >= 0.3 is 6.18 Å². The number of nitrogens with zero attached hydrogens (tertiary/aromatic N) is 1. The van der Waals surface area contributed by atoms with Crippen molar-refractivity contribution in [2.75, 3.05) is 19.7 Å². The van der Waals surface area contributed by atoms with Gasteiger partial charge in [0.05, 0.1) is 19.3 Å². The van der Waals surface area contributed by atoms with Gasteiger partial charge in [-0.2, -0.15) is 13.2 Å². The van der Waals surface area contributed by atoms with Crippen molar-refractivity contribution in [3.8, 4) is 0 Å². The largest absolute Gasteiger partial charge is 0.401 e. The van der Waals surface area contributed by atoms with Crippen molar-refractivity contribution in [1.82, 2.24) is 4.90 Å². The summed E-state index contributed by atoms with van der Waals surface area (Å²) in [4.78, 5) is 1.47. The molecule has 1 saturated heterocycles. The molecule has 2 atom stereocenters. The lowest BCUT2D eigenvalue weighted by Gasteiger charge is -2.26. The Morgan fingerprint density at radius 2 is 2.17 bits per heavy atom. The van der Waals surface area contributed by atoms with Crippen LogP contribution in [0.4, 0.5) is 13.2 Å². The van der Waals surface area contributed by atoms with Gasteiger partial charge in [-0.25, -0.2) is 0 Å². The van der Waals surface area contributed by atoms with E-state index in [-0.39, 0.29) is 12.1 Å². The van der Waals surface area contributed by atoms with Crippen LogP contribution in [0.1, 0.15) is 6.42 Å². The molecule has 1 aliphatic heterocycles. The summed E-state index contributed by atoms with van der Waals surface area (Å²) >= 11 is 0. The average Bonchev–Trinajstić information content (AvgIpc) is 2.62. The second-order valence-electron chi connectivity index (χ2n) is 3.30. The van der Waals surface area contributed by atoms with E-state index in [9.17, 15) is 13.2 Å². The normalized spacial score (nSPS) is 36.2. The Hall–Kier alpha value is -0.290. The van der Waals surface area contributed by atoms with E-state index in [1.54, 1.807) is 0 Å². The Morgan fingerprint density at radius 3 is 2.83 bits per heavy atom. The Labute approximate surface area is 68.3 Å². The lowest BCUT2D eigenvalue weighted by Crippen LogP contribution is -2.42. The number of halogens is 3. The molecular formula is C7H10F3NO. The SMILES string of the molecule is FC(F)(F)CN1CCOC2CC21. The highest BCUT2D eigenvalue weighted by Crippen LogP contribution is 2.35. The molecule has 1 aliphatic carbocycles. The highest BCUT2D eigenvalue weighted by Gasteiger charge is 2.48. The smallest absolute Gasteiger partial charge is 0.375 e. The Balaban J connectivity index is 1.87. The van der Waals surface area contributed by atoms with Gasteiger partial charge in [0.15, 0.2) is 0 Å². The zero-order chi connectivity index (χ0) is 8.77. The first-order valence-corrected chi connectivity index (χ1v) is 3.99. The number of morpholine rings is 1. The van der Waals surface area contributed by atoms with Crippen LogP contribution >= 0.6 is 0 Å². The minimum Gasteiger partial charge on any atom is -0.375 e. The predicted octanol–water partition coefficient (Wildman–Crippen LogP) is 1.02. The highest BCUT2D eigenvalue weighted by molar-refractivity contribution is 4.99. The summed E-state index contributed by atoms with van der Waals surface area (Å²) in [6.45, 7) is 0.0788. The average molecular weight is 181 g/mol. The van der Waals surface area contributed by atoms with Gasteiger partial charge in [-0.1, -0.05) is 0 Å². The highest BCUT2D eigenvalue weighted by atomic mass is 19.4. The molecule has 2 aliphatic rings. The van der Waals surface area contributed by atoms with Gasteiger partial charge in [0.25, 0.3) is 0 Å². The molecule has 70 valence electrons. The summed E-state index contributed by atoms with van der Waals surface area (Å²) in [6.07, 6.45) is -3.21. The van der Waals surface area contributed by atoms with E-state index in [1.807, 2.05) is 0 Å². The predicted molar refractivity (Wildman–Crippen MR) is 35.8 cm³/mol. The monoisotopic (exact) mass is 181 g/mol. The summed E-state index contributed by atoms with van der Waals surface area (Å²) < 4.78 is 41.0. The third-order valence-corrected chi connectivity index (χ3v) is 2.26. The standard InChI is InChI=1S/C7H10F3NO/c8-7(9,10)4-11-1-2-12-6-3-5(6)11/h5-6H,1-4H2. The summed E-state index contributed by atoms with van der Waals surface area (Å²) in [5, 5.41) is 0. The Kier molecular flexibility index (Phi) is 1.80. The molecule has 0 spiro atoms. The number of hydrogen-bond acceptors (Lipinski definition) is 2. The maximum Gasteiger partial charge on any atom is 0.401 e. The Bertz CT molecular complexity index is 182. The van der Waals surface area contributed by atoms with E-state index in [0.29, 0.717) is 13.2 Å². The maximum atomic E-state index is 11.9. The molecule has 1 saturated carbocycles. The number of ether oxygens (including phenoxy) is 1. The van der Waals surface area contributed by atoms with Crippen molar-refractivity contribution in [2.45, 2.75) is 24.7 Å². The van der Waals surface area contributed by atoms with Crippen LogP contribution in [0.5, 0.6) is 0 Å². The number of alkyl halides is 3. The van der Waals surface area contributed by atoms with Gasteiger partial charge in [-0.15, -0.1) is 0 Å². The molecule has 0 N–H and O–H groups in total. The molecule has 5 heteroatoms. The van der Waals surface area contributed by atoms with Crippen molar-refractivity contribution in [2.24, 2.45) is 0 Å². The van der Waals surface area contributed by atoms with Crippen molar-refractivity contribution in [1.29, 1.82) is 0 Å². The van der Waals surface area contributed by atoms with Crippen molar-refractivity contribution in [3.63, 3.8) is 0 Å². The molecule has 2 rings (SSSR count). The third kappa shape index (κ3) is 1.72. The van der Waals surface area contributed by atoms with Gasteiger partial charge in [-0.05, 0) is 6.42 Å². The molecule has 12 heavy (non-hydrogen) atoms. The summed E-state index contributed by atoms with van der Waals surface area (Å²) in [7, 11) is 0. The van der Waals surface area contributed by atoms with Gasteiger partial charge < -0.3 is 4.74 Å². The number of fused-ring (bicyclic) bond motifs is 1. The zero-order valence-electron chi connectivity index (χ0n) is 6.47. The van der Waals surface area contributed by atoms with Crippen LogP contribution < -0.4 is 0 Å². The summed E-state index contributed by atoms with van der Waals surface area (Å²) in [5.41, 5.74) is 0. The number of rotatable bonds is 1. The van der Waals surface area contributed by atoms with E-state index in [0.717, 1.165) is 6.42 Å².